The summed E-state index contributed by atoms with van der Waals surface area (Å²) < 4.78 is 1.43. The summed E-state index contributed by atoms with van der Waals surface area (Å²) in [4.78, 5) is 0. The molecule has 0 aliphatic carbocycles. The van der Waals surface area contributed by atoms with Crippen molar-refractivity contribution in [1.82, 2.24) is 0 Å². The van der Waals surface area contributed by atoms with Gasteiger partial charge in [0.1, 0.15) is 0 Å². The molecule has 0 bridgehead atoms. The van der Waals surface area contributed by atoms with Gasteiger partial charge in [0.15, 0.2) is 0 Å². The van der Waals surface area contributed by atoms with E-state index in [9.17, 15) is 0 Å². The summed E-state index contributed by atoms with van der Waals surface area (Å²) >= 11 is 0. The molecular formula is C19H40N+. The molecule has 1 fully saturated rings. The first-order valence-corrected chi connectivity index (χ1v) is 9.57. The molecule has 0 spiro atoms. The number of likely N-dealkylation sites (tertiary alicyclic amines) is 1. The molecule has 0 amide bonds. The maximum Gasteiger partial charge on any atom is 0.0833 e. The summed E-state index contributed by atoms with van der Waals surface area (Å²) in [7, 11) is 0. The van der Waals surface area contributed by atoms with Gasteiger partial charge < -0.3 is 4.48 Å². The van der Waals surface area contributed by atoms with Gasteiger partial charge in [-0.2, -0.15) is 0 Å². The van der Waals surface area contributed by atoms with Gasteiger partial charge in [-0.25, -0.2) is 0 Å². The van der Waals surface area contributed by atoms with Gasteiger partial charge in [-0.05, 0) is 26.7 Å². The smallest absolute Gasteiger partial charge is 0.0833 e. The second-order valence-electron chi connectivity index (χ2n) is 7.37. The molecule has 1 heterocycles. The Morgan fingerprint density at radius 1 is 0.700 bits per heavy atom. The van der Waals surface area contributed by atoms with E-state index in [1.54, 1.807) is 0 Å². The zero-order valence-electron chi connectivity index (χ0n) is 14.6. The SMILES string of the molecule is CCCCCCCCCCCC[N+]1(C(C)C)CCCC1. The van der Waals surface area contributed by atoms with Crippen molar-refractivity contribution in [3.05, 3.63) is 0 Å². The van der Waals surface area contributed by atoms with Gasteiger partial charge in [0.05, 0.1) is 25.7 Å². The minimum atomic E-state index is 0.844. The number of hydrogen-bond donors (Lipinski definition) is 0. The standard InChI is InChI=1S/C19H40N/c1-4-5-6-7-8-9-10-11-12-13-16-20(19(2)3)17-14-15-18-20/h19H,4-18H2,1-3H3/q+1. The third-order valence-corrected chi connectivity index (χ3v) is 5.51. The van der Waals surface area contributed by atoms with E-state index in [1.807, 2.05) is 0 Å². The number of quaternary nitrogens is 1. The highest BCUT2D eigenvalue weighted by Gasteiger charge is 2.33. The van der Waals surface area contributed by atoms with Crippen LogP contribution in [0.15, 0.2) is 0 Å². The van der Waals surface area contributed by atoms with E-state index in [2.05, 4.69) is 20.8 Å². The highest BCUT2D eigenvalue weighted by Crippen LogP contribution is 2.24. The second-order valence-corrected chi connectivity index (χ2v) is 7.37. The van der Waals surface area contributed by atoms with Crippen LogP contribution in [0.25, 0.3) is 0 Å². The lowest BCUT2D eigenvalue weighted by Gasteiger charge is -2.38. The minimum Gasteiger partial charge on any atom is -0.322 e. The lowest BCUT2D eigenvalue weighted by molar-refractivity contribution is -0.937. The van der Waals surface area contributed by atoms with Crippen molar-refractivity contribution in [2.75, 3.05) is 19.6 Å². The van der Waals surface area contributed by atoms with E-state index in [4.69, 9.17) is 0 Å². The van der Waals surface area contributed by atoms with Crippen LogP contribution in [0.3, 0.4) is 0 Å². The van der Waals surface area contributed by atoms with Crippen LogP contribution in [0, 0.1) is 0 Å². The van der Waals surface area contributed by atoms with Crippen molar-refractivity contribution in [3.8, 4) is 0 Å². The van der Waals surface area contributed by atoms with Crippen molar-refractivity contribution in [3.63, 3.8) is 0 Å². The maximum absolute atomic E-state index is 2.43. The first-order chi connectivity index (χ1) is 9.71. The van der Waals surface area contributed by atoms with Crippen LogP contribution < -0.4 is 0 Å². The molecule has 1 nitrogen and oxygen atoms in total. The van der Waals surface area contributed by atoms with Gasteiger partial charge in [-0.1, -0.05) is 58.3 Å². The second kappa shape index (κ2) is 10.7. The van der Waals surface area contributed by atoms with Gasteiger partial charge in [0, 0.05) is 12.8 Å². The number of rotatable bonds is 12. The first kappa shape index (κ1) is 18.0. The molecule has 1 rings (SSSR count). The molecule has 0 saturated carbocycles. The van der Waals surface area contributed by atoms with Crippen molar-refractivity contribution >= 4 is 0 Å². The molecule has 1 heteroatoms. The monoisotopic (exact) mass is 282 g/mol. The summed E-state index contributed by atoms with van der Waals surface area (Å²) in [6, 6.07) is 0.844. The van der Waals surface area contributed by atoms with Crippen LogP contribution >= 0.6 is 0 Å². The van der Waals surface area contributed by atoms with Crippen molar-refractivity contribution in [2.45, 2.75) is 104 Å². The van der Waals surface area contributed by atoms with Gasteiger partial charge in [-0.3, -0.25) is 0 Å². The van der Waals surface area contributed by atoms with Crippen LogP contribution in [-0.2, 0) is 0 Å². The Kier molecular flexibility index (Phi) is 9.59. The Hall–Kier alpha value is -0.0400. The van der Waals surface area contributed by atoms with E-state index >= 15 is 0 Å². The average molecular weight is 283 g/mol. The lowest BCUT2D eigenvalue weighted by Crippen LogP contribution is -2.51. The van der Waals surface area contributed by atoms with Gasteiger partial charge in [0.2, 0.25) is 0 Å². The van der Waals surface area contributed by atoms with Gasteiger partial charge in [0.25, 0.3) is 0 Å². The summed E-state index contributed by atoms with van der Waals surface area (Å²) in [5, 5.41) is 0. The molecule has 0 N–H and O–H groups in total. The topological polar surface area (TPSA) is 0 Å². The Labute approximate surface area is 128 Å². The number of nitrogens with zero attached hydrogens (tertiary/aromatic N) is 1. The lowest BCUT2D eigenvalue weighted by atomic mass is 10.1. The Balaban J connectivity index is 1.94. The van der Waals surface area contributed by atoms with Crippen LogP contribution in [0.2, 0.25) is 0 Å². The fourth-order valence-corrected chi connectivity index (χ4v) is 3.88. The summed E-state index contributed by atoms with van der Waals surface area (Å²) in [6.07, 6.45) is 17.5. The Bertz CT molecular complexity index is 216. The molecule has 120 valence electrons. The fraction of sp³-hybridized carbons (Fsp3) is 1.00. The predicted molar refractivity (Wildman–Crippen MR) is 91.1 cm³/mol. The van der Waals surface area contributed by atoms with Gasteiger partial charge >= 0.3 is 0 Å². The highest BCUT2D eigenvalue weighted by molar-refractivity contribution is 4.59. The maximum atomic E-state index is 2.43. The van der Waals surface area contributed by atoms with Gasteiger partial charge in [-0.15, -0.1) is 0 Å². The zero-order chi connectivity index (χ0) is 14.7. The highest BCUT2D eigenvalue weighted by atomic mass is 15.4. The molecule has 0 aromatic rings. The van der Waals surface area contributed by atoms with E-state index in [0.717, 1.165) is 6.04 Å². The number of unbranched alkanes of at least 4 members (excludes halogenated alkanes) is 9. The Morgan fingerprint density at radius 2 is 1.15 bits per heavy atom. The molecule has 0 atom stereocenters. The molecule has 1 aliphatic heterocycles. The quantitative estimate of drug-likeness (QED) is 0.307. The summed E-state index contributed by atoms with van der Waals surface area (Å²) in [6.45, 7) is 11.5. The molecule has 0 radical (unpaired) electrons. The third kappa shape index (κ3) is 6.61. The van der Waals surface area contributed by atoms with E-state index in [1.165, 1.54) is 101 Å². The molecule has 20 heavy (non-hydrogen) atoms. The van der Waals surface area contributed by atoms with Crippen molar-refractivity contribution < 1.29 is 4.48 Å². The summed E-state index contributed by atoms with van der Waals surface area (Å²) in [5.74, 6) is 0. The van der Waals surface area contributed by atoms with Crippen LogP contribution in [-0.4, -0.2) is 30.2 Å². The van der Waals surface area contributed by atoms with Crippen LogP contribution in [0.5, 0.6) is 0 Å². The van der Waals surface area contributed by atoms with Crippen LogP contribution in [0.4, 0.5) is 0 Å². The predicted octanol–water partition coefficient (Wildman–Crippen LogP) is 5.93. The summed E-state index contributed by atoms with van der Waals surface area (Å²) in [5.41, 5.74) is 0. The van der Waals surface area contributed by atoms with Crippen molar-refractivity contribution in [1.29, 1.82) is 0 Å². The normalized spacial score (nSPS) is 18.0. The average Bonchev–Trinajstić information content (AvgIpc) is 2.91. The van der Waals surface area contributed by atoms with E-state index < -0.39 is 0 Å². The number of hydrogen-bond acceptors (Lipinski definition) is 0. The van der Waals surface area contributed by atoms with Crippen LogP contribution in [0.1, 0.15) is 97.8 Å². The first-order valence-electron chi connectivity index (χ1n) is 9.57. The fourth-order valence-electron chi connectivity index (χ4n) is 3.88. The third-order valence-electron chi connectivity index (χ3n) is 5.51. The van der Waals surface area contributed by atoms with E-state index in [-0.39, 0.29) is 0 Å². The van der Waals surface area contributed by atoms with E-state index in [0.29, 0.717) is 0 Å². The molecule has 1 saturated heterocycles. The molecule has 0 aromatic carbocycles. The molecular weight excluding hydrogens is 242 g/mol. The molecule has 0 aromatic heterocycles. The Morgan fingerprint density at radius 3 is 1.60 bits per heavy atom. The molecule has 0 unspecified atom stereocenters. The molecule has 1 aliphatic rings. The zero-order valence-corrected chi connectivity index (χ0v) is 14.6. The van der Waals surface area contributed by atoms with Crippen molar-refractivity contribution in [2.24, 2.45) is 0 Å². The largest absolute Gasteiger partial charge is 0.322 e. The minimum absolute atomic E-state index is 0.844.